The van der Waals surface area contributed by atoms with Crippen molar-refractivity contribution in [2.75, 3.05) is 6.54 Å². The van der Waals surface area contributed by atoms with Crippen LogP contribution < -0.4 is 4.72 Å². The van der Waals surface area contributed by atoms with Gasteiger partial charge in [0, 0.05) is 17.3 Å². The first kappa shape index (κ1) is 17.9. The van der Waals surface area contributed by atoms with Crippen LogP contribution in [-0.2, 0) is 10.0 Å². The smallest absolute Gasteiger partial charge is 0.243 e. The number of carbonyl (C=O) groups is 1. The number of benzene rings is 2. The van der Waals surface area contributed by atoms with Crippen LogP contribution in [0.3, 0.4) is 0 Å². The molecule has 2 aromatic carbocycles. The molecular formula is C19H15FN2O3S. The van der Waals surface area contributed by atoms with E-state index in [0.29, 0.717) is 11.3 Å². The minimum Gasteiger partial charge on any atom is -0.293 e. The lowest BCUT2D eigenvalue weighted by atomic mass is 10.1. The number of nitrogens with zero attached hydrogens (tertiary/aromatic N) is 1. The molecule has 0 unspecified atom stereocenters. The number of hydrogen-bond acceptors (Lipinski definition) is 4. The van der Waals surface area contributed by atoms with Crippen LogP contribution in [0, 0.1) is 5.82 Å². The van der Waals surface area contributed by atoms with Gasteiger partial charge in [0.1, 0.15) is 10.7 Å². The quantitative estimate of drug-likeness (QED) is 0.677. The van der Waals surface area contributed by atoms with Crippen LogP contribution in [0.1, 0.15) is 10.4 Å². The van der Waals surface area contributed by atoms with Crippen molar-refractivity contribution in [2.24, 2.45) is 0 Å². The minimum atomic E-state index is -4.12. The first-order valence-corrected chi connectivity index (χ1v) is 9.24. The molecule has 3 rings (SSSR count). The number of sulfonamides is 1. The molecule has 132 valence electrons. The summed E-state index contributed by atoms with van der Waals surface area (Å²) in [7, 11) is -4.12. The first-order valence-electron chi connectivity index (χ1n) is 7.76. The third-order valence-corrected chi connectivity index (χ3v) is 5.13. The average molecular weight is 370 g/mol. The van der Waals surface area contributed by atoms with E-state index in [9.17, 15) is 17.6 Å². The predicted octanol–water partition coefficient (Wildman–Crippen LogP) is 3.05. The molecule has 1 heterocycles. The van der Waals surface area contributed by atoms with E-state index < -0.39 is 33.1 Å². The highest BCUT2D eigenvalue weighted by Crippen LogP contribution is 2.18. The molecule has 0 spiro atoms. The fourth-order valence-corrected chi connectivity index (χ4v) is 3.43. The maximum absolute atomic E-state index is 13.7. The zero-order chi connectivity index (χ0) is 18.6. The van der Waals surface area contributed by atoms with Crippen molar-refractivity contribution in [1.29, 1.82) is 0 Å². The summed E-state index contributed by atoms with van der Waals surface area (Å²) in [6, 6.07) is 17.4. The summed E-state index contributed by atoms with van der Waals surface area (Å²) in [6.07, 6.45) is 1.49. The maximum atomic E-state index is 13.7. The van der Waals surface area contributed by atoms with Crippen LogP contribution in [0.2, 0.25) is 0 Å². The molecule has 0 fully saturated rings. The molecule has 3 aromatic rings. The van der Waals surface area contributed by atoms with Gasteiger partial charge in [-0.05, 0) is 24.3 Å². The Morgan fingerprint density at radius 2 is 1.69 bits per heavy atom. The van der Waals surface area contributed by atoms with E-state index in [0.717, 1.165) is 17.7 Å². The second-order valence-electron chi connectivity index (χ2n) is 5.47. The highest BCUT2D eigenvalue weighted by molar-refractivity contribution is 7.89. The average Bonchev–Trinajstić information content (AvgIpc) is 2.67. The zero-order valence-electron chi connectivity index (χ0n) is 13.6. The molecule has 5 nitrogen and oxygen atoms in total. The monoisotopic (exact) mass is 370 g/mol. The van der Waals surface area contributed by atoms with Crippen LogP contribution in [-0.4, -0.2) is 25.7 Å². The Balaban J connectivity index is 1.76. The third kappa shape index (κ3) is 4.01. The molecule has 0 saturated heterocycles. The topological polar surface area (TPSA) is 76.1 Å². The van der Waals surface area contributed by atoms with Crippen molar-refractivity contribution in [3.8, 4) is 11.3 Å². The number of ketones is 1. The Morgan fingerprint density at radius 3 is 2.42 bits per heavy atom. The first-order chi connectivity index (χ1) is 12.5. The lowest BCUT2D eigenvalue weighted by Crippen LogP contribution is -2.30. The number of pyridine rings is 1. The van der Waals surface area contributed by atoms with E-state index in [4.69, 9.17) is 0 Å². The summed E-state index contributed by atoms with van der Waals surface area (Å²) < 4.78 is 40.1. The number of halogens is 1. The molecule has 0 saturated carbocycles. The van der Waals surface area contributed by atoms with Gasteiger partial charge in [0.2, 0.25) is 10.0 Å². The minimum absolute atomic E-state index is 0.315. The highest BCUT2D eigenvalue weighted by Gasteiger charge is 2.20. The summed E-state index contributed by atoms with van der Waals surface area (Å²) >= 11 is 0. The molecule has 0 amide bonds. The lowest BCUT2D eigenvalue weighted by molar-refractivity contribution is 0.0997. The number of nitrogens with one attached hydrogen (secondary N) is 1. The fourth-order valence-electron chi connectivity index (χ4n) is 2.37. The van der Waals surface area contributed by atoms with Gasteiger partial charge < -0.3 is 0 Å². The SMILES string of the molecule is O=C(CNS(=O)(=O)c1ccccc1F)c1ccnc(-c2ccccc2)c1. The van der Waals surface area contributed by atoms with Gasteiger partial charge in [-0.25, -0.2) is 17.5 Å². The highest BCUT2D eigenvalue weighted by atomic mass is 32.2. The van der Waals surface area contributed by atoms with E-state index in [1.54, 1.807) is 6.07 Å². The Bertz CT molecular complexity index is 1040. The molecule has 0 aliphatic heterocycles. The lowest BCUT2D eigenvalue weighted by Gasteiger charge is -2.08. The van der Waals surface area contributed by atoms with Crippen molar-refractivity contribution in [3.05, 3.63) is 84.3 Å². The Labute approximate surface area is 150 Å². The Hall–Kier alpha value is -2.90. The number of hydrogen-bond donors (Lipinski definition) is 1. The molecule has 1 aromatic heterocycles. The van der Waals surface area contributed by atoms with Gasteiger partial charge in [-0.2, -0.15) is 0 Å². The van der Waals surface area contributed by atoms with Crippen molar-refractivity contribution in [3.63, 3.8) is 0 Å². The second-order valence-corrected chi connectivity index (χ2v) is 7.21. The van der Waals surface area contributed by atoms with Crippen molar-refractivity contribution < 1.29 is 17.6 Å². The molecule has 0 radical (unpaired) electrons. The number of carbonyl (C=O) groups excluding carboxylic acids is 1. The van der Waals surface area contributed by atoms with E-state index in [1.165, 1.54) is 24.4 Å². The third-order valence-electron chi connectivity index (χ3n) is 3.70. The summed E-state index contributed by atoms with van der Waals surface area (Å²) in [5, 5.41) is 0. The molecule has 0 atom stereocenters. The standard InChI is InChI=1S/C19H15FN2O3S/c20-16-8-4-5-9-19(16)26(24,25)22-13-18(23)15-10-11-21-17(12-15)14-6-2-1-3-7-14/h1-12,22H,13H2. The fraction of sp³-hybridized carbons (Fsp3) is 0.0526. The number of Topliss-reactive ketones (excluding diaryl/α,β-unsaturated/α-hetero) is 1. The Morgan fingerprint density at radius 1 is 1.00 bits per heavy atom. The van der Waals surface area contributed by atoms with Crippen LogP contribution >= 0.6 is 0 Å². The van der Waals surface area contributed by atoms with Gasteiger partial charge in [0.15, 0.2) is 5.78 Å². The Kier molecular flexibility index (Phi) is 5.20. The van der Waals surface area contributed by atoms with Crippen molar-refractivity contribution >= 4 is 15.8 Å². The molecule has 0 bridgehead atoms. The van der Waals surface area contributed by atoms with Gasteiger partial charge in [-0.15, -0.1) is 0 Å². The van der Waals surface area contributed by atoms with Crippen LogP contribution in [0.4, 0.5) is 4.39 Å². The number of aromatic nitrogens is 1. The summed E-state index contributed by atoms with van der Waals surface area (Å²) in [6.45, 7) is -0.477. The summed E-state index contributed by atoms with van der Waals surface area (Å²) in [5.41, 5.74) is 1.76. The van der Waals surface area contributed by atoms with Gasteiger partial charge in [-0.1, -0.05) is 42.5 Å². The molecule has 0 aliphatic rings. The van der Waals surface area contributed by atoms with E-state index in [2.05, 4.69) is 9.71 Å². The summed E-state index contributed by atoms with van der Waals surface area (Å²) in [4.78, 5) is 16.1. The predicted molar refractivity (Wildman–Crippen MR) is 95.6 cm³/mol. The molecule has 1 N–H and O–H groups in total. The van der Waals surface area contributed by atoms with Gasteiger partial charge in [-0.3, -0.25) is 9.78 Å². The molecule has 26 heavy (non-hydrogen) atoms. The van der Waals surface area contributed by atoms with Crippen molar-refractivity contribution in [2.45, 2.75) is 4.90 Å². The molecule has 0 aliphatic carbocycles. The van der Waals surface area contributed by atoms with Crippen LogP contribution in [0.25, 0.3) is 11.3 Å². The van der Waals surface area contributed by atoms with Crippen LogP contribution in [0.15, 0.2) is 77.8 Å². The van der Waals surface area contributed by atoms with Gasteiger partial charge >= 0.3 is 0 Å². The number of rotatable bonds is 6. The molecule has 7 heteroatoms. The van der Waals surface area contributed by atoms with E-state index >= 15 is 0 Å². The van der Waals surface area contributed by atoms with Crippen LogP contribution in [0.5, 0.6) is 0 Å². The largest absolute Gasteiger partial charge is 0.293 e. The second kappa shape index (κ2) is 7.55. The normalized spacial score (nSPS) is 11.3. The maximum Gasteiger partial charge on any atom is 0.243 e. The molecular weight excluding hydrogens is 355 g/mol. The van der Waals surface area contributed by atoms with Gasteiger partial charge in [0.25, 0.3) is 0 Å². The van der Waals surface area contributed by atoms with Gasteiger partial charge in [0.05, 0.1) is 12.2 Å². The summed E-state index contributed by atoms with van der Waals surface area (Å²) in [5.74, 6) is -1.31. The van der Waals surface area contributed by atoms with E-state index in [-0.39, 0.29) is 0 Å². The van der Waals surface area contributed by atoms with Crippen molar-refractivity contribution in [1.82, 2.24) is 9.71 Å². The van der Waals surface area contributed by atoms with E-state index in [1.807, 2.05) is 30.3 Å². The zero-order valence-corrected chi connectivity index (χ0v) is 14.4.